The van der Waals surface area contributed by atoms with Gasteiger partial charge in [-0.1, -0.05) is 24.3 Å². The van der Waals surface area contributed by atoms with Crippen molar-refractivity contribution in [1.29, 1.82) is 0 Å². The molecule has 0 aliphatic rings. The number of H-pyrrole nitrogens is 1. The molecular weight excluding hydrogens is 501 g/mol. The van der Waals surface area contributed by atoms with Gasteiger partial charge in [-0.05, 0) is 47.5 Å². The van der Waals surface area contributed by atoms with Crippen LogP contribution in [0.25, 0.3) is 32.2 Å². The summed E-state index contributed by atoms with van der Waals surface area (Å²) >= 11 is 1.52. The van der Waals surface area contributed by atoms with E-state index in [1.165, 1.54) is 22.1 Å². The highest BCUT2D eigenvalue weighted by molar-refractivity contribution is 7.18. The molecule has 7 nitrogen and oxygen atoms in total. The number of nitrogens with one attached hydrogen (secondary N) is 3. The van der Waals surface area contributed by atoms with E-state index >= 15 is 0 Å². The summed E-state index contributed by atoms with van der Waals surface area (Å²) in [4.78, 5) is 21.4. The second kappa shape index (κ2) is 10.2. The number of alkyl halides is 3. The SMILES string of the molecule is Cn1nccc1C(=O)NCCNCc1ccc(-c2ccc(-c3nc4ccc(C(F)(F)F)cc4[nH]3)s2)cc1. The van der Waals surface area contributed by atoms with Gasteiger partial charge in [-0.25, -0.2) is 4.98 Å². The number of carbonyl (C=O) groups is 1. The molecule has 0 spiro atoms. The van der Waals surface area contributed by atoms with Gasteiger partial charge in [0, 0.05) is 37.8 Å². The maximum Gasteiger partial charge on any atom is 0.416 e. The number of hydrogen-bond acceptors (Lipinski definition) is 5. The largest absolute Gasteiger partial charge is 0.416 e. The third-order valence-electron chi connectivity index (χ3n) is 5.86. The van der Waals surface area contributed by atoms with Gasteiger partial charge in [0.1, 0.15) is 11.5 Å². The van der Waals surface area contributed by atoms with E-state index in [2.05, 4.69) is 25.7 Å². The molecule has 190 valence electrons. The predicted molar refractivity (Wildman–Crippen MR) is 137 cm³/mol. The summed E-state index contributed by atoms with van der Waals surface area (Å²) in [5.74, 6) is 0.386. The Hall–Kier alpha value is -3.96. The highest BCUT2D eigenvalue weighted by atomic mass is 32.1. The lowest BCUT2D eigenvalue weighted by Crippen LogP contribution is -2.32. The standard InChI is InChI=1S/C26H23F3N6OS/c1-35-21(10-11-32-35)25(36)31-13-12-30-15-16-2-4-17(5-3-16)22-8-9-23(37-22)24-33-19-7-6-18(26(27,28)29)14-20(19)34-24/h2-11,14,30H,12-13,15H2,1H3,(H,31,36)(H,33,34). The van der Waals surface area contributed by atoms with Gasteiger partial charge in [0.05, 0.1) is 21.5 Å². The molecule has 0 bridgehead atoms. The average molecular weight is 525 g/mol. The summed E-state index contributed by atoms with van der Waals surface area (Å²) in [5, 5.41) is 10.2. The summed E-state index contributed by atoms with van der Waals surface area (Å²) in [6, 6.07) is 17.2. The third kappa shape index (κ3) is 5.57. The Balaban J connectivity index is 1.16. The summed E-state index contributed by atoms with van der Waals surface area (Å²) in [6.07, 6.45) is -2.81. The van der Waals surface area contributed by atoms with E-state index in [1.54, 1.807) is 19.3 Å². The molecule has 0 aliphatic heterocycles. The van der Waals surface area contributed by atoms with Crippen LogP contribution in [0, 0.1) is 0 Å². The first-order valence-electron chi connectivity index (χ1n) is 11.5. The fourth-order valence-electron chi connectivity index (χ4n) is 3.89. The number of fused-ring (bicyclic) bond motifs is 1. The fraction of sp³-hybridized carbons (Fsp3) is 0.192. The van der Waals surface area contributed by atoms with E-state index in [1.807, 2.05) is 36.4 Å². The van der Waals surface area contributed by atoms with E-state index in [9.17, 15) is 18.0 Å². The van der Waals surface area contributed by atoms with Crippen molar-refractivity contribution in [2.45, 2.75) is 12.7 Å². The van der Waals surface area contributed by atoms with Crippen molar-refractivity contribution in [1.82, 2.24) is 30.4 Å². The molecule has 0 saturated heterocycles. The molecule has 2 aromatic carbocycles. The number of aromatic nitrogens is 4. The number of imidazole rings is 1. The van der Waals surface area contributed by atoms with Crippen LogP contribution in [-0.4, -0.2) is 38.7 Å². The van der Waals surface area contributed by atoms with Crippen LogP contribution < -0.4 is 10.6 Å². The maximum absolute atomic E-state index is 13.0. The molecule has 3 N–H and O–H groups in total. The van der Waals surface area contributed by atoms with Gasteiger partial charge in [0.15, 0.2) is 0 Å². The number of carbonyl (C=O) groups excluding carboxylic acids is 1. The van der Waals surface area contributed by atoms with Crippen molar-refractivity contribution in [3.8, 4) is 21.1 Å². The minimum atomic E-state index is -4.40. The Kier molecular flexibility index (Phi) is 6.81. The van der Waals surface area contributed by atoms with Crippen LogP contribution in [0.1, 0.15) is 21.6 Å². The lowest BCUT2D eigenvalue weighted by molar-refractivity contribution is -0.137. The van der Waals surface area contributed by atoms with Gasteiger partial charge in [-0.2, -0.15) is 18.3 Å². The first-order valence-corrected chi connectivity index (χ1v) is 12.3. The van der Waals surface area contributed by atoms with Crippen LogP contribution in [-0.2, 0) is 19.8 Å². The van der Waals surface area contributed by atoms with Gasteiger partial charge in [0.25, 0.3) is 5.91 Å². The molecule has 1 amide bonds. The number of aryl methyl sites for hydroxylation is 1. The second-order valence-electron chi connectivity index (χ2n) is 8.45. The molecule has 0 aliphatic carbocycles. The van der Waals surface area contributed by atoms with Crippen LogP contribution in [0.2, 0.25) is 0 Å². The van der Waals surface area contributed by atoms with Crippen LogP contribution in [0.15, 0.2) is 66.9 Å². The predicted octanol–water partition coefficient (Wildman–Crippen LogP) is 5.23. The van der Waals surface area contributed by atoms with Gasteiger partial charge in [-0.15, -0.1) is 11.3 Å². The molecule has 0 unspecified atom stereocenters. The summed E-state index contributed by atoms with van der Waals surface area (Å²) < 4.78 is 40.5. The van der Waals surface area contributed by atoms with Crippen molar-refractivity contribution in [2.75, 3.05) is 13.1 Å². The normalized spacial score (nSPS) is 11.8. The van der Waals surface area contributed by atoms with Crippen molar-refractivity contribution in [3.63, 3.8) is 0 Å². The minimum absolute atomic E-state index is 0.157. The van der Waals surface area contributed by atoms with Crippen LogP contribution in [0.5, 0.6) is 0 Å². The Morgan fingerprint density at radius 1 is 1.03 bits per heavy atom. The Labute approximate surface area is 214 Å². The molecule has 0 fully saturated rings. The van der Waals surface area contributed by atoms with Gasteiger partial charge >= 0.3 is 6.18 Å². The minimum Gasteiger partial charge on any atom is -0.349 e. The Morgan fingerprint density at radius 3 is 2.54 bits per heavy atom. The average Bonchev–Trinajstić information content (AvgIpc) is 3.62. The molecule has 5 rings (SSSR count). The number of nitrogens with zero attached hydrogens (tertiary/aromatic N) is 3. The van der Waals surface area contributed by atoms with Crippen molar-refractivity contribution < 1.29 is 18.0 Å². The molecule has 37 heavy (non-hydrogen) atoms. The lowest BCUT2D eigenvalue weighted by atomic mass is 10.1. The molecular formula is C26H23F3N6OS. The number of hydrogen-bond donors (Lipinski definition) is 3. The monoisotopic (exact) mass is 524 g/mol. The molecule has 0 saturated carbocycles. The van der Waals surface area contributed by atoms with Crippen molar-refractivity contribution in [3.05, 3.63) is 83.7 Å². The molecule has 0 atom stereocenters. The Morgan fingerprint density at radius 2 is 1.81 bits per heavy atom. The molecule has 11 heteroatoms. The number of thiophene rings is 1. The number of rotatable bonds is 8. The lowest BCUT2D eigenvalue weighted by Gasteiger charge is -2.08. The number of benzene rings is 2. The van der Waals surface area contributed by atoms with E-state index in [0.29, 0.717) is 42.2 Å². The van der Waals surface area contributed by atoms with Crippen molar-refractivity contribution >= 4 is 28.3 Å². The van der Waals surface area contributed by atoms with Gasteiger partial charge < -0.3 is 15.6 Å². The van der Waals surface area contributed by atoms with E-state index in [4.69, 9.17) is 0 Å². The fourth-order valence-corrected chi connectivity index (χ4v) is 4.85. The molecule has 3 aromatic heterocycles. The number of aromatic amines is 1. The zero-order valence-corrected chi connectivity index (χ0v) is 20.6. The quantitative estimate of drug-likeness (QED) is 0.243. The molecule has 0 radical (unpaired) electrons. The summed E-state index contributed by atoms with van der Waals surface area (Å²) in [5.41, 5.74) is 2.81. The van der Waals surface area contributed by atoms with E-state index in [0.717, 1.165) is 33.0 Å². The first kappa shape index (κ1) is 24.7. The zero-order chi connectivity index (χ0) is 26.0. The van der Waals surface area contributed by atoms with Crippen LogP contribution in [0.4, 0.5) is 13.2 Å². The smallest absolute Gasteiger partial charge is 0.349 e. The van der Waals surface area contributed by atoms with Gasteiger partial charge in [-0.3, -0.25) is 9.48 Å². The van der Waals surface area contributed by atoms with Crippen LogP contribution >= 0.6 is 11.3 Å². The van der Waals surface area contributed by atoms with Crippen molar-refractivity contribution in [2.24, 2.45) is 7.05 Å². The highest BCUT2D eigenvalue weighted by Gasteiger charge is 2.30. The zero-order valence-electron chi connectivity index (χ0n) is 19.8. The molecule has 5 aromatic rings. The second-order valence-corrected chi connectivity index (χ2v) is 9.53. The Bertz CT molecular complexity index is 1530. The third-order valence-corrected chi connectivity index (χ3v) is 7.00. The maximum atomic E-state index is 13.0. The first-order chi connectivity index (χ1) is 17.8. The number of halogens is 3. The summed E-state index contributed by atoms with van der Waals surface area (Å²) in [7, 11) is 1.72. The van der Waals surface area contributed by atoms with Crippen LogP contribution in [0.3, 0.4) is 0 Å². The van der Waals surface area contributed by atoms with E-state index in [-0.39, 0.29) is 5.91 Å². The van der Waals surface area contributed by atoms with E-state index < -0.39 is 11.7 Å². The van der Waals surface area contributed by atoms with Gasteiger partial charge in [0.2, 0.25) is 0 Å². The topological polar surface area (TPSA) is 87.6 Å². The molecule has 3 heterocycles. The number of amides is 1. The highest BCUT2D eigenvalue weighted by Crippen LogP contribution is 2.35. The summed E-state index contributed by atoms with van der Waals surface area (Å²) in [6.45, 7) is 1.79.